The number of aromatic amines is 1. The first-order valence-electron chi connectivity index (χ1n) is 8.78. The molecular weight excluding hydrogens is 364 g/mol. The predicted molar refractivity (Wildman–Crippen MR) is 105 cm³/mol. The summed E-state index contributed by atoms with van der Waals surface area (Å²) in [6.45, 7) is 3.89. The first-order chi connectivity index (χ1) is 12.9. The van der Waals surface area contributed by atoms with Crippen LogP contribution in [0.5, 0.6) is 0 Å². The van der Waals surface area contributed by atoms with Gasteiger partial charge in [-0.15, -0.1) is 0 Å². The van der Waals surface area contributed by atoms with Crippen LogP contribution in [0.3, 0.4) is 0 Å². The minimum atomic E-state index is -0.336. The number of hydrogen-bond acceptors (Lipinski definition) is 5. The Bertz CT molecular complexity index is 921. The van der Waals surface area contributed by atoms with Crippen molar-refractivity contribution in [3.63, 3.8) is 0 Å². The molecule has 0 unspecified atom stereocenters. The van der Waals surface area contributed by atoms with Crippen molar-refractivity contribution in [3.8, 4) is 0 Å². The van der Waals surface area contributed by atoms with Crippen LogP contribution in [0, 0.1) is 13.8 Å². The Balaban J connectivity index is 1.58. The van der Waals surface area contributed by atoms with Crippen LogP contribution in [-0.2, 0) is 16.0 Å². The van der Waals surface area contributed by atoms with Gasteiger partial charge >= 0.3 is 0 Å². The highest BCUT2D eigenvalue weighted by Gasteiger charge is 2.23. The Morgan fingerprint density at radius 2 is 2.00 bits per heavy atom. The Labute approximate surface area is 161 Å². The highest BCUT2D eigenvalue weighted by atomic mass is 32.2. The average molecular weight is 386 g/mol. The lowest BCUT2D eigenvalue weighted by Crippen LogP contribution is -2.28. The molecule has 3 rings (SSSR count). The van der Waals surface area contributed by atoms with Crippen molar-refractivity contribution in [2.75, 3.05) is 11.1 Å². The normalized spacial score (nSPS) is 13.3. The molecule has 0 radical (unpaired) electrons. The maximum atomic E-state index is 12.2. The Morgan fingerprint density at radius 1 is 1.22 bits per heavy atom. The third-order valence-electron chi connectivity index (χ3n) is 4.06. The van der Waals surface area contributed by atoms with Crippen LogP contribution in [-0.4, -0.2) is 33.6 Å². The lowest BCUT2D eigenvalue weighted by molar-refractivity contribution is -0.120. The van der Waals surface area contributed by atoms with Crippen molar-refractivity contribution in [3.05, 3.63) is 51.4 Å². The van der Waals surface area contributed by atoms with E-state index in [0.717, 1.165) is 41.4 Å². The molecule has 2 amide bonds. The van der Waals surface area contributed by atoms with E-state index in [9.17, 15) is 14.4 Å². The molecule has 3 N–H and O–H groups in total. The number of nitrogens with one attached hydrogen (secondary N) is 3. The molecule has 1 saturated carbocycles. The van der Waals surface area contributed by atoms with Gasteiger partial charge in [0.1, 0.15) is 0 Å². The molecule has 1 aliphatic rings. The number of H-pyrrole nitrogens is 1. The van der Waals surface area contributed by atoms with Gasteiger partial charge in [-0.05, 0) is 43.9 Å². The summed E-state index contributed by atoms with van der Waals surface area (Å²) in [5.74, 6) is -0.221. The molecular formula is C19H22N4O3S. The summed E-state index contributed by atoms with van der Waals surface area (Å²) in [5.41, 5.74) is 2.87. The number of nitrogens with zero attached hydrogens (tertiary/aromatic N) is 1. The first kappa shape index (κ1) is 19.2. The van der Waals surface area contributed by atoms with Gasteiger partial charge in [0.05, 0.1) is 17.9 Å². The Hall–Kier alpha value is -2.61. The molecule has 1 aliphatic carbocycles. The van der Waals surface area contributed by atoms with Crippen LogP contribution in [0.4, 0.5) is 5.69 Å². The second-order valence-corrected chi connectivity index (χ2v) is 7.68. The number of rotatable bonds is 7. The van der Waals surface area contributed by atoms with Crippen LogP contribution in [0.25, 0.3) is 0 Å². The quantitative estimate of drug-likeness (QED) is 0.498. The van der Waals surface area contributed by atoms with E-state index in [0.29, 0.717) is 10.9 Å². The number of thioether (sulfide) groups is 1. The summed E-state index contributed by atoms with van der Waals surface area (Å²) in [4.78, 5) is 42.8. The van der Waals surface area contributed by atoms with Gasteiger partial charge in [0, 0.05) is 17.8 Å². The van der Waals surface area contributed by atoms with E-state index in [2.05, 4.69) is 20.6 Å². The molecule has 1 aromatic carbocycles. The van der Waals surface area contributed by atoms with Gasteiger partial charge in [-0.25, -0.2) is 4.98 Å². The van der Waals surface area contributed by atoms with Crippen molar-refractivity contribution in [1.82, 2.24) is 15.3 Å². The lowest BCUT2D eigenvalue weighted by atomic mass is 10.1. The third kappa shape index (κ3) is 5.96. The standard InChI is InChI=1S/C19H22N4O3S/c1-11-3-4-12(2)15(7-11)22-18(26)10-27-19-21-14(9-17(25)23-19)8-16(24)20-13-5-6-13/h3-4,7,9,13H,5-6,8,10H2,1-2H3,(H,20,24)(H,22,26)(H,21,23,25). The van der Waals surface area contributed by atoms with Crippen molar-refractivity contribution in [2.24, 2.45) is 0 Å². The fourth-order valence-corrected chi connectivity index (χ4v) is 3.20. The molecule has 1 heterocycles. The number of carbonyl (C=O) groups is 2. The number of benzene rings is 1. The van der Waals surface area contributed by atoms with Gasteiger partial charge in [0.15, 0.2) is 5.16 Å². The molecule has 7 nitrogen and oxygen atoms in total. The largest absolute Gasteiger partial charge is 0.353 e. The summed E-state index contributed by atoms with van der Waals surface area (Å²) >= 11 is 1.13. The number of anilines is 1. The molecule has 0 saturated heterocycles. The van der Waals surface area contributed by atoms with Gasteiger partial charge in [0.25, 0.3) is 5.56 Å². The fraction of sp³-hybridized carbons (Fsp3) is 0.368. The molecule has 0 aliphatic heterocycles. The molecule has 2 aromatic rings. The predicted octanol–water partition coefficient (Wildman–Crippen LogP) is 1.94. The number of aromatic nitrogens is 2. The topological polar surface area (TPSA) is 104 Å². The maximum absolute atomic E-state index is 12.2. The third-order valence-corrected chi connectivity index (χ3v) is 4.94. The van der Waals surface area contributed by atoms with E-state index in [1.165, 1.54) is 6.07 Å². The monoisotopic (exact) mass is 386 g/mol. The van der Waals surface area contributed by atoms with Gasteiger partial charge < -0.3 is 15.6 Å². The minimum absolute atomic E-state index is 0.0582. The minimum Gasteiger partial charge on any atom is -0.353 e. The maximum Gasteiger partial charge on any atom is 0.251 e. The lowest BCUT2D eigenvalue weighted by Gasteiger charge is -2.09. The average Bonchev–Trinajstić information content (AvgIpc) is 3.39. The summed E-state index contributed by atoms with van der Waals surface area (Å²) in [7, 11) is 0. The zero-order valence-electron chi connectivity index (χ0n) is 15.3. The summed E-state index contributed by atoms with van der Waals surface area (Å²) < 4.78 is 0. The molecule has 1 aromatic heterocycles. The summed E-state index contributed by atoms with van der Waals surface area (Å²) in [6, 6.07) is 7.43. The van der Waals surface area contributed by atoms with E-state index < -0.39 is 0 Å². The van der Waals surface area contributed by atoms with Gasteiger partial charge in [-0.1, -0.05) is 23.9 Å². The van der Waals surface area contributed by atoms with Gasteiger partial charge in [-0.2, -0.15) is 0 Å². The molecule has 0 bridgehead atoms. The van der Waals surface area contributed by atoms with Crippen LogP contribution < -0.4 is 16.2 Å². The number of amides is 2. The zero-order chi connectivity index (χ0) is 19.4. The highest BCUT2D eigenvalue weighted by molar-refractivity contribution is 7.99. The van der Waals surface area contributed by atoms with E-state index in [1.807, 2.05) is 32.0 Å². The SMILES string of the molecule is Cc1ccc(C)c(NC(=O)CSc2nc(CC(=O)NC3CC3)cc(=O)[nH]2)c1. The smallest absolute Gasteiger partial charge is 0.251 e. The van der Waals surface area contributed by atoms with Crippen molar-refractivity contribution >= 4 is 29.3 Å². The second-order valence-electron chi connectivity index (χ2n) is 6.72. The van der Waals surface area contributed by atoms with Crippen LogP contribution in [0.1, 0.15) is 29.7 Å². The van der Waals surface area contributed by atoms with Crippen molar-refractivity contribution in [1.29, 1.82) is 0 Å². The number of hydrogen-bond donors (Lipinski definition) is 3. The van der Waals surface area contributed by atoms with Crippen LogP contribution in [0.15, 0.2) is 34.2 Å². The molecule has 27 heavy (non-hydrogen) atoms. The second kappa shape index (κ2) is 8.39. The fourth-order valence-electron chi connectivity index (χ4n) is 2.50. The van der Waals surface area contributed by atoms with Gasteiger partial charge in [0.2, 0.25) is 11.8 Å². The molecule has 8 heteroatoms. The van der Waals surface area contributed by atoms with E-state index >= 15 is 0 Å². The molecule has 0 atom stereocenters. The Kier molecular flexibility index (Phi) is 5.95. The van der Waals surface area contributed by atoms with E-state index in [4.69, 9.17) is 0 Å². The molecule has 142 valence electrons. The van der Waals surface area contributed by atoms with Crippen molar-refractivity contribution in [2.45, 2.75) is 44.3 Å². The zero-order valence-corrected chi connectivity index (χ0v) is 16.1. The van der Waals surface area contributed by atoms with E-state index in [-0.39, 0.29) is 35.6 Å². The molecule has 1 fully saturated rings. The molecule has 0 spiro atoms. The highest BCUT2D eigenvalue weighted by Crippen LogP contribution is 2.19. The summed E-state index contributed by atoms with van der Waals surface area (Å²) in [6.07, 6.45) is 2.07. The Morgan fingerprint density at radius 3 is 2.74 bits per heavy atom. The van der Waals surface area contributed by atoms with Crippen LogP contribution >= 0.6 is 11.8 Å². The first-order valence-corrected chi connectivity index (χ1v) is 9.77. The number of carbonyl (C=O) groups excluding carboxylic acids is 2. The number of aryl methyl sites for hydroxylation is 2. The van der Waals surface area contributed by atoms with Gasteiger partial charge in [-0.3, -0.25) is 14.4 Å². The van der Waals surface area contributed by atoms with Crippen molar-refractivity contribution < 1.29 is 9.59 Å². The van der Waals surface area contributed by atoms with Crippen LogP contribution in [0.2, 0.25) is 0 Å². The summed E-state index contributed by atoms with van der Waals surface area (Å²) in [5, 5.41) is 6.06. The van der Waals surface area contributed by atoms with E-state index in [1.54, 1.807) is 0 Å².